The summed E-state index contributed by atoms with van der Waals surface area (Å²) in [5, 5.41) is 9.38. The van der Waals surface area contributed by atoms with E-state index in [-0.39, 0.29) is 13.0 Å². The first-order valence-electron chi connectivity index (χ1n) is 13.1. The van der Waals surface area contributed by atoms with Crippen molar-refractivity contribution in [2.75, 3.05) is 47.5 Å². The number of phosphoric acid groups is 1. The minimum Gasteiger partial charge on any atom is -0.457 e. The maximum Gasteiger partial charge on any atom is 0.472 e. The third-order valence-electron chi connectivity index (χ3n) is 5.27. The predicted molar refractivity (Wildman–Crippen MR) is 141 cm³/mol. The Bertz CT molecular complexity index is 632. The van der Waals surface area contributed by atoms with Crippen molar-refractivity contribution in [3.05, 3.63) is 24.3 Å². The molecule has 0 saturated carbocycles. The summed E-state index contributed by atoms with van der Waals surface area (Å²) in [7, 11) is 1.53. The van der Waals surface area contributed by atoms with Gasteiger partial charge in [-0.2, -0.15) is 0 Å². The first-order chi connectivity index (χ1) is 16.6. The number of quaternary nitrogens is 1. The van der Waals surface area contributed by atoms with Crippen LogP contribution in [0.4, 0.5) is 0 Å². The van der Waals surface area contributed by atoms with E-state index in [9.17, 15) is 19.4 Å². The second-order valence-corrected chi connectivity index (χ2v) is 11.3. The summed E-state index contributed by atoms with van der Waals surface area (Å²) in [6, 6.07) is 0. The second kappa shape index (κ2) is 21.1. The molecule has 0 radical (unpaired) electrons. The Kier molecular flexibility index (Phi) is 20.5. The third kappa shape index (κ3) is 24.5. The minimum absolute atomic E-state index is 0.0493. The summed E-state index contributed by atoms with van der Waals surface area (Å²) in [6.45, 7) is 1.90. The van der Waals surface area contributed by atoms with Gasteiger partial charge in [0.2, 0.25) is 0 Å². The molecule has 1 unspecified atom stereocenters. The van der Waals surface area contributed by atoms with Gasteiger partial charge < -0.3 is 19.2 Å². The maximum absolute atomic E-state index is 12.0. The molecule has 0 aliphatic heterocycles. The molecular weight excluding hydrogens is 469 g/mol. The van der Waals surface area contributed by atoms with Crippen molar-refractivity contribution in [2.45, 2.75) is 90.1 Å². The number of esters is 1. The van der Waals surface area contributed by atoms with E-state index in [2.05, 4.69) is 31.2 Å². The van der Waals surface area contributed by atoms with E-state index in [0.29, 0.717) is 17.4 Å². The number of ether oxygens (including phenoxy) is 1. The molecular formula is C26H51NO7P+. The third-order valence-corrected chi connectivity index (χ3v) is 6.26. The van der Waals surface area contributed by atoms with Crippen LogP contribution in [-0.4, -0.2) is 74.1 Å². The first-order valence-corrected chi connectivity index (χ1v) is 14.6. The van der Waals surface area contributed by atoms with Crippen LogP contribution in [-0.2, 0) is 23.1 Å². The van der Waals surface area contributed by atoms with Crippen molar-refractivity contribution >= 4 is 13.8 Å². The molecule has 0 aromatic heterocycles. The molecule has 0 spiro atoms. The lowest BCUT2D eigenvalue weighted by molar-refractivity contribution is -0.870. The number of unbranched alkanes of at least 4 members (excludes halogenated alkanes) is 8. The van der Waals surface area contributed by atoms with E-state index >= 15 is 0 Å². The average molecular weight is 521 g/mol. The Hall–Kier alpha value is -1.02. The fourth-order valence-corrected chi connectivity index (χ4v) is 3.84. The van der Waals surface area contributed by atoms with Gasteiger partial charge in [0.05, 0.1) is 34.4 Å². The second-order valence-electron chi connectivity index (χ2n) is 9.89. The largest absolute Gasteiger partial charge is 0.472 e. The number of nitrogens with zero attached hydrogens (tertiary/aromatic N) is 1. The Morgan fingerprint density at radius 3 is 2.11 bits per heavy atom. The van der Waals surface area contributed by atoms with Crippen LogP contribution in [0.25, 0.3) is 0 Å². The number of phosphoric ester groups is 1. The number of hydrogen-bond acceptors (Lipinski definition) is 6. The van der Waals surface area contributed by atoms with Crippen LogP contribution in [0.3, 0.4) is 0 Å². The maximum atomic E-state index is 12.0. The van der Waals surface area contributed by atoms with Gasteiger partial charge in [-0.15, -0.1) is 0 Å². The Morgan fingerprint density at radius 1 is 0.914 bits per heavy atom. The highest BCUT2D eigenvalue weighted by atomic mass is 31.2. The number of likely N-dealkylation sites (N-methyl/N-ethyl adjacent to an activating group) is 1. The lowest BCUT2D eigenvalue weighted by atomic mass is 10.1. The van der Waals surface area contributed by atoms with Crippen molar-refractivity contribution in [3.8, 4) is 0 Å². The van der Waals surface area contributed by atoms with E-state index < -0.39 is 33.1 Å². The topological polar surface area (TPSA) is 102 Å². The molecule has 0 aliphatic rings. The molecule has 8 nitrogen and oxygen atoms in total. The van der Waals surface area contributed by atoms with Crippen LogP contribution in [0.1, 0.15) is 84.0 Å². The van der Waals surface area contributed by atoms with Gasteiger partial charge >= 0.3 is 13.8 Å². The molecule has 0 aromatic rings. The molecule has 0 amide bonds. The van der Waals surface area contributed by atoms with E-state index in [1.807, 2.05) is 21.1 Å². The lowest BCUT2D eigenvalue weighted by Gasteiger charge is -2.24. The summed E-state index contributed by atoms with van der Waals surface area (Å²) in [4.78, 5) is 21.7. The Labute approximate surface area is 213 Å². The number of allylic oxidation sites excluding steroid dienone is 4. The van der Waals surface area contributed by atoms with Crippen molar-refractivity contribution < 1.29 is 37.6 Å². The van der Waals surface area contributed by atoms with Crippen LogP contribution >= 0.6 is 7.82 Å². The summed E-state index contributed by atoms with van der Waals surface area (Å²) in [5.41, 5.74) is 0. The predicted octanol–water partition coefficient (Wildman–Crippen LogP) is 5.54. The number of aliphatic hydroxyl groups is 1. The standard InChI is InChI=1S/C26H50NO7P/c1-5-6-7-8-9-10-11-12-13-14-15-16-17-18-19-20-26(29)34-25(23-28)24-33-35(30,31)32-22-21-27(2,3)4/h9-10,12-13,25,28H,5-8,11,14-24H2,1-4H3/p+1/t25-/m0/s1. The monoisotopic (exact) mass is 520 g/mol. The molecule has 9 heteroatoms. The molecule has 35 heavy (non-hydrogen) atoms. The van der Waals surface area contributed by atoms with Gasteiger partial charge in [0.25, 0.3) is 0 Å². The van der Waals surface area contributed by atoms with Gasteiger partial charge in [-0.3, -0.25) is 13.8 Å². The van der Waals surface area contributed by atoms with E-state index in [4.69, 9.17) is 13.8 Å². The molecule has 2 atom stereocenters. The Balaban J connectivity index is 3.80. The smallest absolute Gasteiger partial charge is 0.457 e. The number of aliphatic hydroxyl groups excluding tert-OH is 1. The summed E-state index contributed by atoms with van der Waals surface area (Å²) >= 11 is 0. The number of carbonyl (C=O) groups is 1. The molecule has 0 aliphatic carbocycles. The molecule has 0 bridgehead atoms. The van der Waals surface area contributed by atoms with Crippen molar-refractivity contribution in [2.24, 2.45) is 0 Å². The van der Waals surface area contributed by atoms with Crippen LogP contribution in [0.5, 0.6) is 0 Å². The fourth-order valence-electron chi connectivity index (χ4n) is 3.09. The van der Waals surface area contributed by atoms with Crippen molar-refractivity contribution in [3.63, 3.8) is 0 Å². The van der Waals surface area contributed by atoms with Gasteiger partial charge in [-0.1, -0.05) is 63.3 Å². The van der Waals surface area contributed by atoms with E-state index in [1.165, 1.54) is 25.7 Å². The van der Waals surface area contributed by atoms with E-state index in [1.54, 1.807) is 0 Å². The Morgan fingerprint density at radius 2 is 1.51 bits per heavy atom. The van der Waals surface area contributed by atoms with Gasteiger partial charge in [0.1, 0.15) is 19.3 Å². The number of carbonyl (C=O) groups excluding carboxylic acids is 1. The lowest BCUT2D eigenvalue weighted by Crippen LogP contribution is -2.37. The summed E-state index contributed by atoms with van der Waals surface area (Å²) in [6.07, 6.45) is 20.3. The zero-order chi connectivity index (χ0) is 26.4. The van der Waals surface area contributed by atoms with E-state index in [0.717, 1.165) is 38.5 Å². The van der Waals surface area contributed by atoms with Gasteiger partial charge in [0.15, 0.2) is 0 Å². The molecule has 0 aromatic carbocycles. The molecule has 0 fully saturated rings. The quantitative estimate of drug-likeness (QED) is 0.0599. The van der Waals surface area contributed by atoms with Crippen LogP contribution < -0.4 is 0 Å². The van der Waals surface area contributed by atoms with Crippen LogP contribution in [0, 0.1) is 0 Å². The van der Waals surface area contributed by atoms with Crippen molar-refractivity contribution in [1.82, 2.24) is 0 Å². The molecule has 2 N–H and O–H groups in total. The molecule has 0 heterocycles. The summed E-state index contributed by atoms with van der Waals surface area (Å²) in [5.74, 6) is -0.447. The molecule has 0 rings (SSSR count). The normalized spacial score (nSPS) is 15.0. The first kappa shape index (κ1) is 34.0. The highest BCUT2D eigenvalue weighted by Gasteiger charge is 2.25. The van der Waals surface area contributed by atoms with Gasteiger partial charge in [-0.25, -0.2) is 4.57 Å². The fraction of sp³-hybridized carbons (Fsp3) is 0.808. The van der Waals surface area contributed by atoms with Crippen LogP contribution in [0.2, 0.25) is 0 Å². The number of rotatable bonds is 23. The van der Waals surface area contributed by atoms with Gasteiger partial charge in [0, 0.05) is 6.42 Å². The minimum atomic E-state index is -4.26. The molecule has 0 saturated heterocycles. The van der Waals surface area contributed by atoms with Crippen LogP contribution in [0.15, 0.2) is 24.3 Å². The molecule has 206 valence electrons. The summed E-state index contributed by atoms with van der Waals surface area (Å²) < 4.78 is 27.4. The number of hydrogen-bond donors (Lipinski definition) is 2. The zero-order valence-electron chi connectivity index (χ0n) is 22.5. The zero-order valence-corrected chi connectivity index (χ0v) is 23.4. The highest BCUT2D eigenvalue weighted by Crippen LogP contribution is 2.43. The SMILES string of the molecule is CCCCCC=CCC=CCCCCCCCC(=O)O[C@@H](CO)COP(=O)(O)OCC[N+](C)(C)C. The highest BCUT2D eigenvalue weighted by molar-refractivity contribution is 7.47. The van der Waals surface area contributed by atoms with Crippen molar-refractivity contribution in [1.29, 1.82) is 0 Å². The average Bonchev–Trinajstić information content (AvgIpc) is 2.78. The van der Waals surface area contributed by atoms with Gasteiger partial charge in [-0.05, 0) is 38.5 Å².